The van der Waals surface area contributed by atoms with Gasteiger partial charge in [-0.05, 0) is 25.3 Å². The molecule has 0 spiro atoms. The fourth-order valence-electron chi connectivity index (χ4n) is 1.67. The maximum absolute atomic E-state index is 10.1. The number of aliphatic hydroxyl groups is 1. The predicted molar refractivity (Wildman–Crippen MR) is 56.5 cm³/mol. The van der Waals surface area contributed by atoms with E-state index < -0.39 is 5.60 Å². The van der Waals surface area contributed by atoms with Gasteiger partial charge in [0.2, 0.25) is 0 Å². The number of nitrogens with zero attached hydrogens (tertiary/aromatic N) is 1. The molecule has 0 aliphatic heterocycles. The van der Waals surface area contributed by atoms with Crippen molar-refractivity contribution in [1.29, 1.82) is 0 Å². The van der Waals surface area contributed by atoms with E-state index in [1.54, 1.807) is 12.3 Å². The monoisotopic (exact) mass is 212 g/mol. The molecule has 0 aromatic carbocycles. The Labute approximate surface area is 88.1 Å². The summed E-state index contributed by atoms with van der Waals surface area (Å²) in [6.07, 6.45) is 4.26. The molecule has 1 heterocycles. The molecule has 1 fully saturated rings. The molecule has 1 saturated carbocycles. The number of anilines is 1. The Hall–Kier alpha value is -0.800. The van der Waals surface area contributed by atoms with E-state index in [4.69, 9.17) is 11.6 Å². The topological polar surface area (TPSA) is 45.2 Å². The summed E-state index contributed by atoms with van der Waals surface area (Å²) in [5.41, 5.74) is 0.703. The zero-order valence-corrected chi connectivity index (χ0v) is 8.80. The molecule has 14 heavy (non-hydrogen) atoms. The molecule has 2 rings (SSSR count). The van der Waals surface area contributed by atoms with E-state index in [9.17, 15) is 5.11 Å². The van der Waals surface area contributed by atoms with Crippen molar-refractivity contribution >= 4 is 17.3 Å². The van der Waals surface area contributed by atoms with Crippen LogP contribution in [0, 0.1) is 0 Å². The van der Waals surface area contributed by atoms with Crippen LogP contribution in [0.5, 0.6) is 0 Å². The summed E-state index contributed by atoms with van der Waals surface area (Å²) in [4.78, 5) is 4.20. The van der Waals surface area contributed by atoms with Crippen molar-refractivity contribution in [3.63, 3.8) is 0 Å². The van der Waals surface area contributed by atoms with E-state index in [0.717, 1.165) is 24.9 Å². The van der Waals surface area contributed by atoms with Crippen LogP contribution in [0.4, 0.5) is 5.69 Å². The average Bonchev–Trinajstić information content (AvgIpc) is 2.14. The third-order valence-electron chi connectivity index (χ3n) is 2.75. The van der Waals surface area contributed by atoms with Gasteiger partial charge in [0.15, 0.2) is 0 Å². The molecule has 0 radical (unpaired) electrons. The minimum atomic E-state index is -0.774. The molecule has 0 amide bonds. The number of nitrogens with one attached hydrogen (secondary N) is 1. The minimum Gasteiger partial charge on any atom is -0.387 e. The number of aromatic nitrogens is 1. The fraction of sp³-hybridized carbons (Fsp3) is 0.500. The summed E-state index contributed by atoms with van der Waals surface area (Å²) < 4.78 is 0. The van der Waals surface area contributed by atoms with Gasteiger partial charge < -0.3 is 10.4 Å². The van der Waals surface area contributed by atoms with Crippen LogP contribution >= 0.6 is 11.6 Å². The molecule has 1 aromatic rings. The lowest BCUT2D eigenvalue weighted by Gasteiger charge is -2.36. The van der Waals surface area contributed by atoms with Crippen LogP contribution in [0.25, 0.3) is 0 Å². The highest BCUT2D eigenvalue weighted by atomic mass is 35.5. The van der Waals surface area contributed by atoms with E-state index in [0.29, 0.717) is 10.7 Å². The number of hydrogen-bond acceptors (Lipinski definition) is 3. The summed E-state index contributed by atoms with van der Waals surface area (Å²) in [5.74, 6) is 0. The molecule has 1 aliphatic carbocycles. The standard InChI is InChI=1S/C10H13ClN2O/c1-12-7-5-8(11)9(13-6-7)10(14)3-2-4-10/h5-6,12,14H,2-4H2,1H3. The van der Waals surface area contributed by atoms with Gasteiger partial charge in [-0.1, -0.05) is 11.6 Å². The fourth-order valence-corrected chi connectivity index (χ4v) is 2.01. The molecule has 1 aromatic heterocycles. The van der Waals surface area contributed by atoms with Gasteiger partial charge in [-0.2, -0.15) is 0 Å². The van der Waals surface area contributed by atoms with Crippen LogP contribution < -0.4 is 5.32 Å². The van der Waals surface area contributed by atoms with Gasteiger partial charge >= 0.3 is 0 Å². The van der Waals surface area contributed by atoms with E-state index in [2.05, 4.69) is 10.3 Å². The van der Waals surface area contributed by atoms with Crippen LogP contribution in [0.3, 0.4) is 0 Å². The van der Waals surface area contributed by atoms with Gasteiger partial charge in [-0.3, -0.25) is 4.98 Å². The average molecular weight is 213 g/mol. The number of pyridine rings is 1. The molecule has 1 aliphatic rings. The quantitative estimate of drug-likeness (QED) is 0.790. The van der Waals surface area contributed by atoms with Crippen LogP contribution in [-0.2, 0) is 5.60 Å². The maximum Gasteiger partial charge on any atom is 0.108 e. The number of halogens is 1. The van der Waals surface area contributed by atoms with Crippen LogP contribution in [-0.4, -0.2) is 17.1 Å². The summed E-state index contributed by atoms with van der Waals surface area (Å²) in [5, 5.41) is 13.6. The van der Waals surface area contributed by atoms with E-state index in [1.165, 1.54) is 0 Å². The Kier molecular flexibility index (Phi) is 2.37. The normalized spacial score (nSPS) is 18.8. The van der Waals surface area contributed by atoms with Crippen LogP contribution in [0.2, 0.25) is 5.02 Å². The van der Waals surface area contributed by atoms with E-state index in [1.807, 2.05) is 7.05 Å². The Morgan fingerprint density at radius 3 is 2.71 bits per heavy atom. The summed E-state index contributed by atoms with van der Waals surface area (Å²) in [6.45, 7) is 0. The van der Waals surface area contributed by atoms with E-state index >= 15 is 0 Å². The second-order valence-electron chi connectivity index (χ2n) is 3.69. The van der Waals surface area contributed by atoms with Gasteiger partial charge in [0.05, 0.1) is 22.6 Å². The third kappa shape index (κ3) is 1.47. The predicted octanol–water partition coefficient (Wildman–Crippen LogP) is 2.15. The molecule has 0 unspecified atom stereocenters. The van der Waals surface area contributed by atoms with Gasteiger partial charge in [0, 0.05) is 7.05 Å². The highest BCUT2D eigenvalue weighted by molar-refractivity contribution is 6.31. The lowest BCUT2D eigenvalue weighted by Crippen LogP contribution is -2.34. The van der Waals surface area contributed by atoms with Gasteiger partial charge in [0.1, 0.15) is 5.60 Å². The van der Waals surface area contributed by atoms with Crippen molar-refractivity contribution in [2.45, 2.75) is 24.9 Å². The summed E-state index contributed by atoms with van der Waals surface area (Å²) in [6, 6.07) is 1.79. The third-order valence-corrected chi connectivity index (χ3v) is 3.04. The number of rotatable bonds is 2. The van der Waals surface area contributed by atoms with Gasteiger partial charge in [-0.15, -0.1) is 0 Å². The first-order chi connectivity index (χ1) is 6.65. The molecule has 0 bridgehead atoms. The lowest BCUT2D eigenvalue weighted by atomic mass is 9.77. The Bertz CT molecular complexity index is 350. The molecule has 2 N–H and O–H groups in total. The maximum atomic E-state index is 10.1. The molecular weight excluding hydrogens is 200 g/mol. The molecule has 3 nitrogen and oxygen atoms in total. The molecule has 76 valence electrons. The van der Waals surface area contributed by atoms with Crippen molar-refractivity contribution in [3.05, 3.63) is 23.0 Å². The second-order valence-corrected chi connectivity index (χ2v) is 4.10. The highest BCUT2D eigenvalue weighted by Crippen LogP contribution is 2.42. The van der Waals surface area contributed by atoms with Crippen molar-refractivity contribution in [2.75, 3.05) is 12.4 Å². The Morgan fingerprint density at radius 2 is 2.29 bits per heavy atom. The van der Waals surface area contributed by atoms with Gasteiger partial charge in [-0.25, -0.2) is 0 Å². The SMILES string of the molecule is CNc1cnc(C2(O)CCC2)c(Cl)c1. The van der Waals surface area contributed by atoms with Crippen molar-refractivity contribution in [1.82, 2.24) is 4.98 Å². The first-order valence-electron chi connectivity index (χ1n) is 4.72. The Morgan fingerprint density at radius 1 is 1.57 bits per heavy atom. The van der Waals surface area contributed by atoms with Crippen molar-refractivity contribution < 1.29 is 5.11 Å². The molecule has 4 heteroatoms. The van der Waals surface area contributed by atoms with Crippen molar-refractivity contribution in [3.8, 4) is 0 Å². The van der Waals surface area contributed by atoms with Crippen molar-refractivity contribution in [2.24, 2.45) is 0 Å². The largest absolute Gasteiger partial charge is 0.387 e. The summed E-state index contributed by atoms with van der Waals surface area (Å²) in [7, 11) is 1.81. The zero-order chi connectivity index (χ0) is 10.2. The summed E-state index contributed by atoms with van der Waals surface area (Å²) >= 11 is 6.04. The van der Waals surface area contributed by atoms with Gasteiger partial charge in [0.25, 0.3) is 0 Å². The first kappa shape index (κ1) is 9.74. The highest BCUT2D eigenvalue weighted by Gasteiger charge is 2.39. The van der Waals surface area contributed by atoms with Crippen LogP contribution in [0.15, 0.2) is 12.3 Å². The smallest absolute Gasteiger partial charge is 0.108 e. The first-order valence-corrected chi connectivity index (χ1v) is 5.10. The van der Waals surface area contributed by atoms with E-state index in [-0.39, 0.29) is 0 Å². The number of hydrogen-bond donors (Lipinski definition) is 2. The van der Waals surface area contributed by atoms with Crippen LogP contribution in [0.1, 0.15) is 25.0 Å². The lowest BCUT2D eigenvalue weighted by molar-refractivity contribution is -0.0424. The second kappa shape index (κ2) is 3.41. The molecule has 0 saturated heterocycles. The molecule has 0 atom stereocenters. The zero-order valence-electron chi connectivity index (χ0n) is 8.05. The minimum absolute atomic E-state index is 0.541. The molecular formula is C10H13ClN2O. The Balaban J connectivity index is 2.35.